The molecule has 0 saturated heterocycles. The number of hydrogen-bond acceptors (Lipinski definition) is 7. The summed E-state index contributed by atoms with van der Waals surface area (Å²) in [7, 11) is 0. The molecule has 0 bridgehead atoms. The minimum Gasteiger partial charge on any atom is -0.297 e. The minimum atomic E-state index is -0.829. The molecule has 2 heterocycles. The lowest BCUT2D eigenvalue weighted by Crippen LogP contribution is -2.13. The van der Waals surface area contributed by atoms with Gasteiger partial charge in [0.15, 0.2) is 16.9 Å². The van der Waals surface area contributed by atoms with Crippen molar-refractivity contribution >= 4 is 28.9 Å². The first-order valence-electron chi connectivity index (χ1n) is 7.11. The van der Waals surface area contributed by atoms with E-state index in [-0.39, 0.29) is 11.5 Å². The molecular weight excluding hydrogens is 342 g/mol. The van der Waals surface area contributed by atoms with Crippen LogP contribution in [0.15, 0.2) is 47.2 Å². The van der Waals surface area contributed by atoms with Crippen LogP contribution in [-0.2, 0) is 4.79 Å². The number of aromatic nitrogens is 4. The van der Waals surface area contributed by atoms with E-state index in [4.69, 9.17) is 0 Å². The number of thiazole rings is 1. The smallest absolute Gasteiger partial charge is 0.196 e. The Morgan fingerprint density at radius 2 is 2.21 bits per heavy atom. The molecule has 1 atom stereocenters. The van der Waals surface area contributed by atoms with E-state index in [0.29, 0.717) is 10.2 Å². The third-order valence-electron chi connectivity index (χ3n) is 3.23. The normalized spacial score (nSPS) is 11.8. The Bertz CT molecular complexity index is 881. The number of rotatable bonds is 6. The van der Waals surface area contributed by atoms with Crippen LogP contribution in [-0.4, -0.2) is 31.3 Å². The number of thioether (sulfide) groups is 1. The number of nitrogens with zero attached hydrogens (tertiary/aromatic N) is 5. The van der Waals surface area contributed by atoms with Crippen molar-refractivity contribution in [1.82, 2.24) is 19.7 Å². The van der Waals surface area contributed by atoms with Crippen LogP contribution in [0.3, 0.4) is 0 Å². The molecular formula is C16H13N5OS2. The fourth-order valence-electron chi connectivity index (χ4n) is 2.08. The lowest BCUT2D eigenvalue weighted by molar-refractivity contribution is -0.116. The van der Waals surface area contributed by atoms with Crippen molar-refractivity contribution in [2.75, 3.05) is 5.75 Å². The Morgan fingerprint density at radius 3 is 2.88 bits per heavy atom. The molecule has 0 aliphatic carbocycles. The third kappa shape index (κ3) is 3.53. The van der Waals surface area contributed by atoms with Crippen molar-refractivity contribution in [2.24, 2.45) is 0 Å². The highest BCUT2D eigenvalue weighted by Crippen LogP contribution is 2.25. The zero-order chi connectivity index (χ0) is 16.9. The van der Waals surface area contributed by atoms with Crippen LogP contribution in [0, 0.1) is 18.3 Å². The van der Waals surface area contributed by atoms with Crippen LogP contribution in [0.2, 0.25) is 0 Å². The highest BCUT2D eigenvalue weighted by Gasteiger charge is 2.24. The lowest BCUT2D eigenvalue weighted by Gasteiger charge is -2.07. The second-order valence-corrected chi connectivity index (χ2v) is 6.80. The predicted molar refractivity (Wildman–Crippen MR) is 92.3 cm³/mol. The molecule has 0 amide bonds. The molecule has 2 aromatic heterocycles. The highest BCUT2D eigenvalue weighted by atomic mass is 32.2. The molecule has 0 spiro atoms. The van der Waals surface area contributed by atoms with E-state index in [2.05, 4.69) is 21.3 Å². The van der Waals surface area contributed by atoms with Crippen molar-refractivity contribution in [1.29, 1.82) is 5.26 Å². The standard InChI is InChI=1S/C16H13N5OS2/c1-11-8-23-15(19-11)13(7-17)14(22)9-24-16-20-18-10-21(16)12-5-3-2-4-6-12/h2-6,8,10,13H,9H2,1H3/t13-/m0/s1. The minimum absolute atomic E-state index is 0.141. The van der Waals surface area contributed by atoms with Crippen molar-refractivity contribution in [3.05, 3.63) is 52.7 Å². The van der Waals surface area contributed by atoms with Gasteiger partial charge in [0.05, 0.1) is 11.8 Å². The van der Waals surface area contributed by atoms with Crippen LogP contribution in [0.5, 0.6) is 0 Å². The SMILES string of the molecule is Cc1csc([C@@H](C#N)C(=O)CSc2nncn2-c2ccccc2)n1. The molecule has 0 radical (unpaired) electrons. The van der Waals surface area contributed by atoms with Gasteiger partial charge in [0.25, 0.3) is 0 Å². The summed E-state index contributed by atoms with van der Waals surface area (Å²) < 4.78 is 1.81. The maximum Gasteiger partial charge on any atom is 0.196 e. The largest absolute Gasteiger partial charge is 0.297 e. The summed E-state index contributed by atoms with van der Waals surface area (Å²) in [4.78, 5) is 16.6. The number of carbonyl (C=O) groups excluding carboxylic acids is 1. The van der Waals surface area contributed by atoms with Gasteiger partial charge in [-0.3, -0.25) is 9.36 Å². The second kappa shape index (κ2) is 7.38. The molecule has 8 heteroatoms. The first-order valence-corrected chi connectivity index (χ1v) is 8.98. The molecule has 0 N–H and O–H groups in total. The van der Waals surface area contributed by atoms with Crippen LogP contribution in [0.4, 0.5) is 0 Å². The molecule has 0 aliphatic heterocycles. The van der Waals surface area contributed by atoms with Crippen LogP contribution >= 0.6 is 23.1 Å². The number of nitriles is 1. The summed E-state index contributed by atoms with van der Waals surface area (Å²) in [6, 6.07) is 11.7. The van der Waals surface area contributed by atoms with E-state index < -0.39 is 5.92 Å². The summed E-state index contributed by atoms with van der Waals surface area (Å²) in [5.74, 6) is -0.869. The quantitative estimate of drug-likeness (QED) is 0.632. The number of benzene rings is 1. The fourth-order valence-corrected chi connectivity index (χ4v) is 3.77. The summed E-state index contributed by atoms with van der Waals surface area (Å²) in [6.45, 7) is 1.84. The molecule has 3 rings (SSSR count). The van der Waals surface area contributed by atoms with E-state index >= 15 is 0 Å². The van der Waals surface area contributed by atoms with E-state index in [1.54, 1.807) is 6.33 Å². The molecule has 120 valence electrons. The van der Waals surface area contributed by atoms with Gasteiger partial charge in [-0.1, -0.05) is 30.0 Å². The molecule has 0 saturated carbocycles. The molecule has 0 unspecified atom stereocenters. The van der Waals surface area contributed by atoms with Crippen molar-refractivity contribution in [3.63, 3.8) is 0 Å². The van der Waals surface area contributed by atoms with Gasteiger partial charge < -0.3 is 0 Å². The van der Waals surface area contributed by atoms with Crippen molar-refractivity contribution < 1.29 is 4.79 Å². The van der Waals surface area contributed by atoms with Crippen molar-refractivity contribution in [3.8, 4) is 11.8 Å². The van der Waals surface area contributed by atoms with E-state index in [1.807, 2.05) is 47.2 Å². The number of ketones is 1. The number of para-hydroxylation sites is 1. The zero-order valence-corrected chi connectivity index (χ0v) is 14.4. The molecule has 0 fully saturated rings. The topological polar surface area (TPSA) is 84.5 Å². The number of Topliss-reactive ketones (excluding diaryl/α,β-unsaturated/α-hetero) is 1. The fraction of sp³-hybridized carbons (Fsp3) is 0.188. The maximum absolute atomic E-state index is 12.4. The zero-order valence-electron chi connectivity index (χ0n) is 12.8. The number of hydrogen-bond donors (Lipinski definition) is 0. The van der Waals surface area contributed by atoms with Gasteiger partial charge >= 0.3 is 0 Å². The van der Waals surface area contributed by atoms with E-state index in [9.17, 15) is 10.1 Å². The van der Waals surface area contributed by atoms with Crippen LogP contribution in [0.1, 0.15) is 16.6 Å². The van der Waals surface area contributed by atoms with Gasteiger partial charge in [-0.15, -0.1) is 21.5 Å². The molecule has 1 aromatic carbocycles. The molecule has 24 heavy (non-hydrogen) atoms. The van der Waals surface area contributed by atoms with Gasteiger partial charge in [0.2, 0.25) is 0 Å². The Hall–Kier alpha value is -2.50. The third-order valence-corrected chi connectivity index (χ3v) is 5.22. The number of carbonyl (C=O) groups is 1. The Kier molecular flexibility index (Phi) is 5.03. The summed E-state index contributed by atoms with van der Waals surface area (Å²) >= 11 is 2.60. The van der Waals surface area contributed by atoms with Gasteiger partial charge in [0.1, 0.15) is 11.3 Å². The Labute approximate surface area is 147 Å². The van der Waals surface area contributed by atoms with Gasteiger partial charge in [-0.05, 0) is 19.1 Å². The van der Waals surface area contributed by atoms with Gasteiger partial charge in [0, 0.05) is 16.8 Å². The first kappa shape index (κ1) is 16.4. The lowest BCUT2D eigenvalue weighted by atomic mass is 10.1. The van der Waals surface area contributed by atoms with Crippen LogP contribution in [0.25, 0.3) is 5.69 Å². The predicted octanol–water partition coefficient (Wildman–Crippen LogP) is 3.00. The average molecular weight is 355 g/mol. The Balaban J connectivity index is 1.71. The second-order valence-electron chi connectivity index (χ2n) is 4.96. The highest BCUT2D eigenvalue weighted by molar-refractivity contribution is 7.99. The van der Waals surface area contributed by atoms with E-state index in [0.717, 1.165) is 11.4 Å². The summed E-state index contributed by atoms with van der Waals surface area (Å²) in [5, 5.41) is 20.3. The molecule has 0 aliphatic rings. The maximum atomic E-state index is 12.4. The summed E-state index contributed by atoms with van der Waals surface area (Å²) in [5.41, 5.74) is 1.74. The number of aryl methyl sites for hydroxylation is 1. The average Bonchev–Trinajstić information content (AvgIpc) is 3.23. The van der Waals surface area contributed by atoms with Gasteiger partial charge in [-0.25, -0.2) is 4.98 Å². The summed E-state index contributed by atoms with van der Waals surface area (Å²) in [6.07, 6.45) is 1.61. The van der Waals surface area contributed by atoms with E-state index in [1.165, 1.54) is 23.1 Å². The van der Waals surface area contributed by atoms with Crippen LogP contribution < -0.4 is 0 Å². The monoisotopic (exact) mass is 355 g/mol. The van der Waals surface area contributed by atoms with Crippen molar-refractivity contribution in [2.45, 2.75) is 18.0 Å². The molecule has 3 aromatic rings. The first-order chi connectivity index (χ1) is 11.7. The van der Waals surface area contributed by atoms with Gasteiger partial charge in [-0.2, -0.15) is 5.26 Å². The Morgan fingerprint density at radius 1 is 1.42 bits per heavy atom. The molecule has 6 nitrogen and oxygen atoms in total.